The van der Waals surface area contributed by atoms with Crippen molar-refractivity contribution in [1.82, 2.24) is 15.1 Å². The van der Waals surface area contributed by atoms with E-state index in [9.17, 15) is 4.79 Å². The molecule has 0 heterocycles. The van der Waals surface area contributed by atoms with Gasteiger partial charge in [-0.05, 0) is 40.7 Å². The summed E-state index contributed by atoms with van der Waals surface area (Å²) in [6.07, 6.45) is 2.38. The van der Waals surface area contributed by atoms with Crippen LogP contribution in [0.4, 0.5) is 0 Å². The summed E-state index contributed by atoms with van der Waals surface area (Å²) in [5, 5.41) is 3.24. The Kier molecular flexibility index (Phi) is 5.92. The highest BCUT2D eigenvalue weighted by Crippen LogP contribution is 2.26. The van der Waals surface area contributed by atoms with Gasteiger partial charge in [0.15, 0.2) is 0 Å². The van der Waals surface area contributed by atoms with E-state index >= 15 is 0 Å². The zero-order valence-corrected chi connectivity index (χ0v) is 11.7. The summed E-state index contributed by atoms with van der Waals surface area (Å²) in [4.78, 5) is 16.2. The molecule has 0 unspecified atom stereocenters. The first-order valence-electron chi connectivity index (χ1n) is 6.76. The van der Waals surface area contributed by atoms with Crippen molar-refractivity contribution in [2.75, 3.05) is 33.2 Å². The van der Waals surface area contributed by atoms with Gasteiger partial charge in [-0.15, -0.1) is 0 Å². The predicted molar refractivity (Wildman–Crippen MR) is 71.0 cm³/mol. The van der Waals surface area contributed by atoms with Crippen LogP contribution in [-0.4, -0.2) is 61.0 Å². The molecule has 0 spiro atoms. The van der Waals surface area contributed by atoms with E-state index in [2.05, 4.69) is 38.0 Å². The average Bonchev–Trinajstić information content (AvgIpc) is 3.09. The molecule has 0 radical (unpaired) electrons. The monoisotopic (exact) mass is 241 g/mol. The Morgan fingerprint density at radius 3 is 2.53 bits per heavy atom. The van der Waals surface area contributed by atoms with Crippen molar-refractivity contribution in [1.29, 1.82) is 0 Å². The van der Waals surface area contributed by atoms with Crippen LogP contribution in [0.25, 0.3) is 0 Å². The van der Waals surface area contributed by atoms with Crippen LogP contribution in [0.1, 0.15) is 33.6 Å². The van der Waals surface area contributed by atoms with Gasteiger partial charge >= 0.3 is 0 Å². The zero-order chi connectivity index (χ0) is 12.8. The van der Waals surface area contributed by atoms with Gasteiger partial charge in [0.2, 0.25) is 5.91 Å². The molecule has 0 aliphatic heterocycles. The Labute approximate surface area is 105 Å². The minimum absolute atomic E-state index is 0.252. The highest BCUT2D eigenvalue weighted by molar-refractivity contribution is 5.78. The minimum atomic E-state index is 0.252. The van der Waals surface area contributed by atoms with Crippen molar-refractivity contribution in [3.8, 4) is 0 Å². The summed E-state index contributed by atoms with van der Waals surface area (Å²) in [6.45, 7) is 9.60. The Morgan fingerprint density at radius 2 is 2.06 bits per heavy atom. The topological polar surface area (TPSA) is 35.6 Å². The van der Waals surface area contributed by atoms with E-state index in [1.807, 2.05) is 4.90 Å². The molecule has 0 aromatic carbocycles. The van der Waals surface area contributed by atoms with E-state index in [1.54, 1.807) is 0 Å². The maximum Gasteiger partial charge on any atom is 0.236 e. The number of carbonyl (C=O) groups is 1. The summed E-state index contributed by atoms with van der Waals surface area (Å²) in [6, 6.07) is 1.10. The summed E-state index contributed by atoms with van der Waals surface area (Å²) in [5.41, 5.74) is 0. The highest BCUT2D eigenvalue weighted by atomic mass is 16.2. The molecular formula is C13H27N3O. The Balaban J connectivity index is 2.11. The van der Waals surface area contributed by atoms with Crippen molar-refractivity contribution in [3.63, 3.8) is 0 Å². The Morgan fingerprint density at radius 1 is 1.41 bits per heavy atom. The molecule has 1 N–H and O–H groups in total. The molecule has 0 aromatic heterocycles. The van der Waals surface area contributed by atoms with Crippen LogP contribution in [0.3, 0.4) is 0 Å². The van der Waals surface area contributed by atoms with Gasteiger partial charge in [-0.3, -0.25) is 4.79 Å². The van der Waals surface area contributed by atoms with E-state index < -0.39 is 0 Å². The standard InChI is InChI=1S/C13H27N3O/c1-5-16(12-6-7-12)13(17)10-14-8-9-15(4)11(2)3/h11-12,14H,5-10H2,1-4H3. The molecule has 1 aliphatic rings. The van der Waals surface area contributed by atoms with Gasteiger partial charge in [0, 0.05) is 31.7 Å². The number of hydrogen-bond donors (Lipinski definition) is 1. The van der Waals surface area contributed by atoms with Gasteiger partial charge in [0.25, 0.3) is 0 Å². The normalized spacial score (nSPS) is 15.6. The van der Waals surface area contributed by atoms with E-state index in [-0.39, 0.29) is 5.91 Å². The minimum Gasteiger partial charge on any atom is -0.339 e. The summed E-state index contributed by atoms with van der Waals surface area (Å²) in [7, 11) is 2.11. The fourth-order valence-corrected chi connectivity index (χ4v) is 1.83. The van der Waals surface area contributed by atoms with Crippen LogP contribution in [-0.2, 0) is 4.79 Å². The summed E-state index contributed by atoms with van der Waals surface area (Å²) in [5.74, 6) is 0.252. The van der Waals surface area contributed by atoms with Crippen LogP contribution >= 0.6 is 0 Å². The molecule has 4 heteroatoms. The second-order valence-corrected chi connectivity index (χ2v) is 5.16. The summed E-state index contributed by atoms with van der Waals surface area (Å²) < 4.78 is 0. The van der Waals surface area contributed by atoms with Crippen LogP contribution in [0.2, 0.25) is 0 Å². The first-order chi connectivity index (χ1) is 8.06. The van der Waals surface area contributed by atoms with Crippen LogP contribution in [0.5, 0.6) is 0 Å². The third-order valence-corrected chi connectivity index (χ3v) is 3.45. The molecule has 0 saturated heterocycles. The Bertz CT molecular complexity index is 239. The maximum atomic E-state index is 11.9. The lowest BCUT2D eigenvalue weighted by atomic mass is 10.3. The molecular weight excluding hydrogens is 214 g/mol. The predicted octanol–water partition coefficient (Wildman–Crippen LogP) is 0.927. The molecule has 0 aromatic rings. The lowest BCUT2D eigenvalue weighted by Crippen LogP contribution is -2.41. The van der Waals surface area contributed by atoms with Crippen LogP contribution in [0.15, 0.2) is 0 Å². The van der Waals surface area contributed by atoms with Crippen molar-refractivity contribution >= 4 is 5.91 Å². The lowest BCUT2D eigenvalue weighted by Gasteiger charge is -2.22. The van der Waals surface area contributed by atoms with Gasteiger partial charge in [-0.2, -0.15) is 0 Å². The highest BCUT2D eigenvalue weighted by Gasteiger charge is 2.30. The van der Waals surface area contributed by atoms with Gasteiger partial charge < -0.3 is 15.1 Å². The molecule has 1 rings (SSSR count). The molecule has 4 nitrogen and oxygen atoms in total. The SMILES string of the molecule is CCN(C(=O)CNCCN(C)C(C)C)C1CC1. The smallest absolute Gasteiger partial charge is 0.236 e. The van der Waals surface area contributed by atoms with Crippen molar-refractivity contribution < 1.29 is 4.79 Å². The zero-order valence-electron chi connectivity index (χ0n) is 11.7. The van der Waals surface area contributed by atoms with E-state index in [4.69, 9.17) is 0 Å². The first kappa shape index (κ1) is 14.5. The second-order valence-electron chi connectivity index (χ2n) is 5.16. The fraction of sp³-hybridized carbons (Fsp3) is 0.923. The molecule has 1 fully saturated rings. The number of carbonyl (C=O) groups excluding carboxylic acids is 1. The first-order valence-corrected chi connectivity index (χ1v) is 6.76. The number of hydrogen-bond acceptors (Lipinski definition) is 3. The van der Waals surface area contributed by atoms with Crippen LogP contribution in [0, 0.1) is 0 Å². The molecule has 17 heavy (non-hydrogen) atoms. The molecule has 0 bridgehead atoms. The quantitative estimate of drug-likeness (QED) is 0.642. The number of amides is 1. The van der Waals surface area contributed by atoms with Crippen molar-refractivity contribution in [2.45, 2.75) is 45.7 Å². The molecule has 0 atom stereocenters. The number of likely N-dealkylation sites (N-methyl/N-ethyl adjacent to an activating group) is 2. The summed E-state index contributed by atoms with van der Waals surface area (Å²) >= 11 is 0. The number of nitrogens with zero attached hydrogens (tertiary/aromatic N) is 2. The number of rotatable bonds is 8. The van der Waals surface area contributed by atoms with Gasteiger partial charge in [0.1, 0.15) is 0 Å². The largest absolute Gasteiger partial charge is 0.339 e. The third-order valence-electron chi connectivity index (χ3n) is 3.45. The number of nitrogens with one attached hydrogen (secondary N) is 1. The molecule has 100 valence electrons. The van der Waals surface area contributed by atoms with Gasteiger partial charge in [0.05, 0.1) is 6.54 Å². The maximum absolute atomic E-state index is 11.9. The molecule has 1 aliphatic carbocycles. The van der Waals surface area contributed by atoms with E-state index in [0.29, 0.717) is 18.6 Å². The van der Waals surface area contributed by atoms with Crippen molar-refractivity contribution in [2.24, 2.45) is 0 Å². The molecule has 1 saturated carbocycles. The van der Waals surface area contributed by atoms with Gasteiger partial charge in [-0.1, -0.05) is 0 Å². The second kappa shape index (κ2) is 6.97. The Hall–Kier alpha value is -0.610. The lowest BCUT2D eigenvalue weighted by molar-refractivity contribution is -0.130. The average molecular weight is 241 g/mol. The third kappa shape index (κ3) is 5.04. The van der Waals surface area contributed by atoms with E-state index in [0.717, 1.165) is 19.6 Å². The van der Waals surface area contributed by atoms with Crippen LogP contribution < -0.4 is 5.32 Å². The fourth-order valence-electron chi connectivity index (χ4n) is 1.83. The van der Waals surface area contributed by atoms with Gasteiger partial charge in [-0.25, -0.2) is 0 Å². The van der Waals surface area contributed by atoms with Crippen molar-refractivity contribution in [3.05, 3.63) is 0 Å². The van der Waals surface area contributed by atoms with E-state index in [1.165, 1.54) is 12.8 Å². The molecule has 1 amide bonds.